The number of rotatable bonds is 9. The minimum atomic E-state index is -0.995. The van der Waals surface area contributed by atoms with Crippen molar-refractivity contribution in [3.8, 4) is 0 Å². The van der Waals surface area contributed by atoms with E-state index in [1.54, 1.807) is 27.7 Å². The first-order chi connectivity index (χ1) is 13.6. The van der Waals surface area contributed by atoms with E-state index in [9.17, 15) is 18.8 Å². The fourth-order valence-corrected chi connectivity index (χ4v) is 2.30. The van der Waals surface area contributed by atoms with Crippen LogP contribution in [0.3, 0.4) is 0 Å². The van der Waals surface area contributed by atoms with Gasteiger partial charge >= 0.3 is 12.1 Å². The van der Waals surface area contributed by atoms with Crippen molar-refractivity contribution in [3.63, 3.8) is 0 Å². The molecular formula is C21H29FN2O5. The average Bonchev–Trinajstić information content (AvgIpc) is 2.63. The van der Waals surface area contributed by atoms with E-state index in [1.165, 1.54) is 0 Å². The Balaban J connectivity index is 2.76. The molecule has 0 saturated heterocycles. The fraction of sp³-hybridized carbons (Fsp3) is 0.476. The minimum Gasteiger partial charge on any atom is -0.465 e. The van der Waals surface area contributed by atoms with Gasteiger partial charge in [0.1, 0.15) is 18.0 Å². The highest BCUT2D eigenvalue weighted by molar-refractivity contribution is 5.82. The Labute approximate surface area is 170 Å². The Bertz CT molecular complexity index is 714. The van der Waals surface area contributed by atoms with Gasteiger partial charge in [0, 0.05) is 6.42 Å². The maximum absolute atomic E-state index is 14.7. The quantitative estimate of drug-likeness (QED) is 0.613. The van der Waals surface area contributed by atoms with Gasteiger partial charge in [0.2, 0.25) is 5.91 Å². The van der Waals surface area contributed by atoms with E-state index in [-0.39, 0.29) is 26.0 Å². The predicted octanol–water partition coefficient (Wildman–Crippen LogP) is 3.05. The van der Waals surface area contributed by atoms with E-state index < -0.39 is 35.4 Å². The lowest BCUT2D eigenvalue weighted by atomic mass is 10.0. The number of esters is 1. The van der Waals surface area contributed by atoms with Crippen LogP contribution in [0.2, 0.25) is 0 Å². The van der Waals surface area contributed by atoms with Crippen molar-refractivity contribution >= 4 is 18.0 Å². The zero-order valence-corrected chi connectivity index (χ0v) is 17.3. The number of hydrogen-bond donors (Lipinski definition) is 2. The van der Waals surface area contributed by atoms with Gasteiger partial charge < -0.3 is 20.1 Å². The Morgan fingerprint density at radius 2 is 1.83 bits per heavy atom. The van der Waals surface area contributed by atoms with E-state index >= 15 is 0 Å². The number of amides is 2. The third kappa shape index (κ3) is 10.9. The molecule has 0 aliphatic carbocycles. The zero-order valence-electron chi connectivity index (χ0n) is 17.3. The molecule has 1 unspecified atom stereocenters. The van der Waals surface area contributed by atoms with E-state index in [0.717, 1.165) is 11.6 Å². The molecule has 0 fully saturated rings. The van der Waals surface area contributed by atoms with Gasteiger partial charge in [-0.25, -0.2) is 9.18 Å². The van der Waals surface area contributed by atoms with Crippen LogP contribution in [0, 0.1) is 0 Å². The molecule has 8 heteroatoms. The average molecular weight is 408 g/mol. The molecule has 0 aliphatic rings. The van der Waals surface area contributed by atoms with Gasteiger partial charge in [0.05, 0.1) is 12.6 Å². The molecule has 0 aromatic heterocycles. The maximum atomic E-state index is 14.7. The molecule has 2 N–H and O–H groups in total. The van der Waals surface area contributed by atoms with Crippen LogP contribution in [0.15, 0.2) is 42.2 Å². The lowest BCUT2D eigenvalue weighted by molar-refractivity contribution is -0.143. The first-order valence-corrected chi connectivity index (χ1v) is 9.42. The van der Waals surface area contributed by atoms with Crippen molar-refractivity contribution in [1.29, 1.82) is 0 Å². The number of nitrogens with one attached hydrogen (secondary N) is 2. The van der Waals surface area contributed by atoms with E-state index in [1.807, 2.05) is 30.3 Å². The molecule has 0 heterocycles. The Morgan fingerprint density at radius 3 is 2.41 bits per heavy atom. The highest BCUT2D eigenvalue weighted by Crippen LogP contribution is 2.14. The summed E-state index contributed by atoms with van der Waals surface area (Å²) in [5.74, 6) is -1.78. The van der Waals surface area contributed by atoms with Crippen LogP contribution < -0.4 is 10.6 Å². The van der Waals surface area contributed by atoms with Crippen LogP contribution in [-0.4, -0.2) is 42.8 Å². The van der Waals surface area contributed by atoms with Gasteiger partial charge in [-0.05, 0) is 45.8 Å². The number of benzene rings is 1. The number of carbonyl (C=O) groups excluding carboxylic acids is 3. The third-order valence-electron chi connectivity index (χ3n) is 3.52. The van der Waals surface area contributed by atoms with Crippen molar-refractivity contribution in [2.24, 2.45) is 0 Å². The summed E-state index contributed by atoms with van der Waals surface area (Å²) in [6.07, 6.45) is 0.221. The largest absolute Gasteiger partial charge is 0.465 e. The summed E-state index contributed by atoms with van der Waals surface area (Å²) in [6, 6.07) is 8.07. The van der Waals surface area contributed by atoms with Gasteiger partial charge in [-0.2, -0.15) is 0 Å². The molecule has 0 bridgehead atoms. The van der Waals surface area contributed by atoms with Crippen molar-refractivity contribution in [1.82, 2.24) is 10.6 Å². The van der Waals surface area contributed by atoms with E-state index in [4.69, 9.17) is 9.47 Å². The summed E-state index contributed by atoms with van der Waals surface area (Å²) in [5, 5.41) is 4.85. The smallest absolute Gasteiger partial charge is 0.408 e. The van der Waals surface area contributed by atoms with Gasteiger partial charge in [-0.1, -0.05) is 30.3 Å². The number of hydrogen-bond acceptors (Lipinski definition) is 5. The molecule has 0 saturated carbocycles. The second kappa shape index (κ2) is 11.8. The molecule has 0 aliphatic heterocycles. The highest BCUT2D eigenvalue weighted by Gasteiger charge is 2.22. The number of alkyl carbamates (subject to hydrolysis) is 1. The molecule has 29 heavy (non-hydrogen) atoms. The van der Waals surface area contributed by atoms with Crippen molar-refractivity contribution in [3.05, 3.63) is 47.8 Å². The van der Waals surface area contributed by atoms with Crippen LogP contribution in [-0.2, 0) is 25.5 Å². The molecular weight excluding hydrogens is 379 g/mol. The third-order valence-corrected chi connectivity index (χ3v) is 3.52. The number of halogens is 1. The second-order valence-electron chi connectivity index (χ2n) is 7.26. The molecule has 1 atom stereocenters. The molecule has 1 aromatic rings. The minimum absolute atomic E-state index is 0.187. The van der Waals surface area contributed by atoms with Crippen molar-refractivity contribution < 1.29 is 28.2 Å². The summed E-state index contributed by atoms with van der Waals surface area (Å²) >= 11 is 0. The van der Waals surface area contributed by atoms with Crippen LogP contribution in [0.25, 0.3) is 0 Å². The maximum Gasteiger partial charge on any atom is 0.408 e. The predicted molar refractivity (Wildman–Crippen MR) is 107 cm³/mol. The summed E-state index contributed by atoms with van der Waals surface area (Å²) in [5.41, 5.74) is 0.0815. The van der Waals surface area contributed by atoms with E-state index in [2.05, 4.69) is 10.6 Å². The molecule has 1 aromatic carbocycles. The SMILES string of the molecule is CCOC(=O)CNC(=O)C/C=C(/F)C(Cc1ccccc1)NC(=O)OC(C)(C)C. The summed E-state index contributed by atoms with van der Waals surface area (Å²) in [7, 11) is 0. The second-order valence-corrected chi connectivity index (χ2v) is 7.26. The highest BCUT2D eigenvalue weighted by atomic mass is 19.1. The van der Waals surface area contributed by atoms with Crippen LogP contribution in [0.1, 0.15) is 39.7 Å². The van der Waals surface area contributed by atoms with Gasteiger partial charge in [-0.3, -0.25) is 9.59 Å². The normalized spacial score (nSPS) is 12.7. The van der Waals surface area contributed by atoms with Gasteiger partial charge in [-0.15, -0.1) is 0 Å². The Kier molecular flexibility index (Phi) is 9.85. The fourth-order valence-electron chi connectivity index (χ4n) is 2.30. The monoisotopic (exact) mass is 408 g/mol. The van der Waals surface area contributed by atoms with Crippen LogP contribution in [0.5, 0.6) is 0 Å². The van der Waals surface area contributed by atoms with Crippen LogP contribution in [0.4, 0.5) is 9.18 Å². The number of carbonyl (C=O) groups is 3. The lowest BCUT2D eigenvalue weighted by Gasteiger charge is -2.23. The zero-order chi connectivity index (χ0) is 21.9. The standard InChI is InChI=1S/C21H29FN2O5/c1-5-28-19(26)14-23-18(25)12-11-16(22)17(13-15-9-7-6-8-10-15)24-20(27)29-21(2,3)4/h6-11,17H,5,12-14H2,1-4H3,(H,23,25)(H,24,27)/b16-11+. The lowest BCUT2D eigenvalue weighted by Crippen LogP contribution is -2.40. The molecule has 2 amide bonds. The topological polar surface area (TPSA) is 93.7 Å². The first kappa shape index (κ1) is 24.1. The van der Waals surface area contributed by atoms with E-state index in [0.29, 0.717) is 0 Å². The van der Waals surface area contributed by atoms with Crippen molar-refractivity contribution in [2.45, 2.75) is 52.2 Å². The Morgan fingerprint density at radius 1 is 1.17 bits per heavy atom. The molecule has 1 rings (SSSR count). The number of ether oxygens (including phenoxy) is 2. The molecule has 7 nitrogen and oxygen atoms in total. The Hall–Kier alpha value is -2.90. The molecule has 0 spiro atoms. The summed E-state index contributed by atoms with van der Waals surface area (Å²) < 4.78 is 24.6. The molecule has 0 radical (unpaired) electrons. The summed E-state index contributed by atoms with van der Waals surface area (Å²) in [4.78, 5) is 35.1. The molecule has 160 valence electrons. The van der Waals surface area contributed by atoms with Crippen LogP contribution >= 0.6 is 0 Å². The van der Waals surface area contributed by atoms with Gasteiger partial charge in [0.25, 0.3) is 0 Å². The van der Waals surface area contributed by atoms with Gasteiger partial charge in [0.15, 0.2) is 0 Å². The van der Waals surface area contributed by atoms with Crippen molar-refractivity contribution in [2.75, 3.05) is 13.2 Å². The first-order valence-electron chi connectivity index (χ1n) is 9.42. The summed E-state index contributed by atoms with van der Waals surface area (Å²) in [6.45, 7) is 6.70.